The Labute approximate surface area is 98.8 Å². The van der Waals surface area contributed by atoms with E-state index in [1.807, 2.05) is 0 Å². The first kappa shape index (κ1) is 13.2. The Balaban J connectivity index is 2.18. The number of hydrogen-bond acceptors (Lipinski definition) is 4. The molecule has 94 valence electrons. The third kappa shape index (κ3) is 4.26. The van der Waals surface area contributed by atoms with Gasteiger partial charge in [-0.2, -0.15) is 0 Å². The molecule has 0 saturated carbocycles. The van der Waals surface area contributed by atoms with Crippen LogP contribution < -0.4 is 0 Å². The Morgan fingerprint density at radius 3 is 2.71 bits per heavy atom. The van der Waals surface area contributed by atoms with Crippen molar-refractivity contribution in [3.8, 4) is 0 Å². The number of aliphatic carboxylic acids is 1. The molecule has 1 aliphatic heterocycles. The van der Waals surface area contributed by atoms with Gasteiger partial charge in [-0.15, -0.1) is 0 Å². The number of carbonyl (C=O) groups is 3. The number of carboxylic acids is 1. The second-order valence-electron chi connectivity index (χ2n) is 3.79. The molecule has 0 aromatic heterocycles. The summed E-state index contributed by atoms with van der Waals surface area (Å²) in [6.45, 7) is 4.38. The zero-order valence-corrected chi connectivity index (χ0v) is 9.48. The number of rotatable bonds is 6. The van der Waals surface area contributed by atoms with Crippen LogP contribution in [0.1, 0.15) is 19.3 Å². The zero-order chi connectivity index (χ0) is 12.8. The minimum atomic E-state index is -1.21. The molecule has 0 aliphatic carbocycles. The van der Waals surface area contributed by atoms with Crippen molar-refractivity contribution in [2.75, 3.05) is 19.7 Å². The van der Waals surface area contributed by atoms with Gasteiger partial charge in [0, 0.05) is 18.5 Å². The summed E-state index contributed by atoms with van der Waals surface area (Å²) in [7, 11) is 0. The number of carboxylic acid groups (broad SMARTS) is 1. The Morgan fingerprint density at radius 2 is 2.18 bits per heavy atom. The van der Waals surface area contributed by atoms with Crippen LogP contribution in [0, 0.1) is 0 Å². The number of amides is 1. The van der Waals surface area contributed by atoms with E-state index in [0.717, 1.165) is 6.42 Å². The van der Waals surface area contributed by atoms with Crippen LogP contribution in [0.2, 0.25) is 0 Å². The summed E-state index contributed by atoms with van der Waals surface area (Å²) < 4.78 is 4.82. The number of carbonyl (C=O) groups excluding carboxylic acids is 2. The number of likely N-dealkylation sites (tertiary alicyclic amines) is 1. The summed E-state index contributed by atoms with van der Waals surface area (Å²) in [5, 5.41) is 8.50. The van der Waals surface area contributed by atoms with Crippen molar-refractivity contribution in [1.82, 2.24) is 4.90 Å². The highest BCUT2D eigenvalue weighted by Gasteiger charge is 2.20. The lowest BCUT2D eigenvalue weighted by atomic mass is 10.2. The van der Waals surface area contributed by atoms with E-state index in [4.69, 9.17) is 9.84 Å². The van der Waals surface area contributed by atoms with Crippen molar-refractivity contribution < 1.29 is 24.2 Å². The second-order valence-corrected chi connectivity index (χ2v) is 3.79. The van der Waals surface area contributed by atoms with Gasteiger partial charge in [-0.1, -0.05) is 6.58 Å². The maximum absolute atomic E-state index is 11.2. The molecule has 1 heterocycles. The summed E-state index contributed by atoms with van der Waals surface area (Å²) in [6, 6.07) is 0. The van der Waals surface area contributed by atoms with Crippen molar-refractivity contribution >= 4 is 17.8 Å². The maximum atomic E-state index is 11.2. The first-order valence-electron chi connectivity index (χ1n) is 5.35. The van der Waals surface area contributed by atoms with Crippen LogP contribution in [0.3, 0.4) is 0 Å². The van der Waals surface area contributed by atoms with E-state index in [0.29, 0.717) is 19.5 Å². The van der Waals surface area contributed by atoms with Crippen molar-refractivity contribution in [3.63, 3.8) is 0 Å². The van der Waals surface area contributed by atoms with Crippen molar-refractivity contribution in [2.24, 2.45) is 0 Å². The molecule has 1 N–H and O–H groups in total. The molecule has 0 bridgehead atoms. The average Bonchev–Trinajstić information content (AvgIpc) is 2.64. The highest BCUT2D eigenvalue weighted by Crippen LogP contribution is 2.08. The molecule has 0 spiro atoms. The van der Waals surface area contributed by atoms with E-state index < -0.39 is 11.9 Å². The lowest BCUT2D eigenvalue weighted by Crippen LogP contribution is -2.29. The van der Waals surface area contributed by atoms with E-state index in [1.54, 1.807) is 4.90 Å². The fraction of sp³-hybridized carbons (Fsp3) is 0.545. The van der Waals surface area contributed by atoms with Gasteiger partial charge < -0.3 is 14.7 Å². The van der Waals surface area contributed by atoms with Gasteiger partial charge in [-0.05, 0) is 6.42 Å². The SMILES string of the molecule is C=C(CC(=O)OCCN1CCCC1=O)C(=O)O. The lowest BCUT2D eigenvalue weighted by Gasteiger charge is -2.15. The molecule has 1 aliphatic rings. The molecular weight excluding hydrogens is 226 g/mol. The van der Waals surface area contributed by atoms with Gasteiger partial charge in [0.15, 0.2) is 0 Å². The van der Waals surface area contributed by atoms with Crippen molar-refractivity contribution in [1.29, 1.82) is 0 Å². The minimum absolute atomic E-state index is 0.0657. The van der Waals surface area contributed by atoms with Gasteiger partial charge in [-0.3, -0.25) is 9.59 Å². The predicted molar refractivity (Wildman–Crippen MR) is 58.2 cm³/mol. The molecule has 1 fully saturated rings. The molecule has 0 unspecified atom stereocenters. The quantitative estimate of drug-likeness (QED) is 0.530. The van der Waals surface area contributed by atoms with Crippen molar-refractivity contribution in [3.05, 3.63) is 12.2 Å². The Hall–Kier alpha value is -1.85. The van der Waals surface area contributed by atoms with E-state index in [9.17, 15) is 14.4 Å². The number of esters is 1. The molecule has 6 nitrogen and oxygen atoms in total. The fourth-order valence-corrected chi connectivity index (χ4v) is 1.51. The fourth-order valence-electron chi connectivity index (χ4n) is 1.51. The topological polar surface area (TPSA) is 83.9 Å². The maximum Gasteiger partial charge on any atom is 0.331 e. The zero-order valence-electron chi connectivity index (χ0n) is 9.48. The molecule has 17 heavy (non-hydrogen) atoms. The largest absolute Gasteiger partial charge is 0.478 e. The summed E-state index contributed by atoms with van der Waals surface area (Å²) in [6.07, 6.45) is 1.05. The van der Waals surface area contributed by atoms with E-state index >= 15 is 0 Å². The van der Waals surface area contributed by atoms with Gasteiger partial charge in [0.1, 0.15) is 6.61 Å². The smallest absolute Gasteiger partial charge is 0.331 e. The molecule has 0 aromatic carbocycles. The van der Waals surface area contributed by atoms with Crippen LogP contribution in [0.4, 0.5) is 0 Å². The summed E-state index contributed by atoms with van der Waals surface area (Å²) in [5.41, 5.74) is -0.202. The van der Waals surface area contributed by atoms with E-state index in [-0.39, 0.29) is 24.5 Å². The molecule has 1 saturated heterocycles. The van der Waals surface area contributed by atoms with Gasteiger partial charge in [0.25, 0.3) is 0 Å². The standard InChI is InChI=1S/C11H15NO5/c1-8(11(15)16)7-10(14)17-6-5-12-4-2-3-9(12)13/h1-7H2,(H,15,16). The lowest BCUT2D eigenvalue weighted by molar-refractivity contribution is -0.146. The number of ether oxygens (including phenoxy) is 1. The molecule has 1 rings (SSSR count). The van der Waals surface area contributed by atoms with Gasteiger partial charge in [0.2, 0.25) is 5.91 Å². The summed E-state index contributed by atoms with van der Waals surface area (Å²) in [4.78, 5) is 34.4. The third-order valence-electron chi connectivity index (χ3n) is 2.46. The number of hydrogen-bond donors (Lipinski definition) is 1. The summed E-state index contributed by atoms with van der Waals surface area (Å²) >= 11 is 0. The highest BCUT2D eigenvalue weighted by atomic mass is 16.5. The van der Waals surface area contributed by atoms with Gasteiger partial charge in [-0.25, -0.2) is 4.79 Å². The van der Waals surface area contributed by atoms with E-state index in [1.165, 1.54) is 0 Å². The molecule has 0 atom stereocenters. The number of nitrogens with zero attached hydrogens (tertiary/aromatic N) is 1. The Kier molecular flexibility index (Phi) is 4.68. The van der Waals surface area contributed by atoms with Crippen LogP contribution in [0.5, 0.6) is 0 Å². The Bertz CT molecular complexity index is 350. The van der Waals surface area contributed by atoms with Crippen LogP contribution >= 0.6 is 0 Å². The molecular formula is C11H15NO5. The van der Waals surface area contributed by atoms with E-state index in [2.05, 4.69) is 6.58 Å². The molecule has 1 amide bonds. The molecule has 0 radical (unpaired) electrons. The average molecular weight is 241 g/mol. The van der Waals surface area contributed by atoms with Crippen LogP contribution in [0.15, 0.2) is 12.2 Å². The molecule has 0 aromatic rings. The van der Waals surface area contributed by atoms with Crippen molar-refractivity contribution in [2.45, 2.75) is 19.3 Å². The predicted octanol–water partition coefficient (Wildman–Crippen LogP) is 0.183. The van der Waals surface area contributed by atoms with Gasteiger partial charge in [0.05, 0.1) is 13.0 Å². The normalized spacial score (nSPS) is 14.8. The highest BCUT2D eigenvalue weighted by molar-refractivity contribution is 5.91. The minimum Gasteiger partial charge on any atom is -0.478 e. The monoisotopic (exact) mass is 241 g/mol. The second kappa shape index (κ2) is 6.03. The molecule has 6 heteroatoms. The van der Waals surface area contributed by atoms with Crippen LogP contribution in [-0.4, -0.2) is 47.5 Å². The van der Waals surface area contributed by atoms with Crippen LogP contribution in [-0.2, 0) is 19.1 Å². The van der Waals surface area contributed by atoms with Gasteiger partial charge >= 0.3 is 11.9 Å². The summed E-state index contributed by atoms with van der Waals surface area (Å²) in [5.74, 6) is -1.78. The first-order valence-corrected chi connectivity index (χ1v) is 5.35. The first-order chi connectivity index (χ1) is 8.00. The Morgan fingerprint density at radius 1 is 1.47 bits per heavy atom. The van der Waals surface area contributed by atoms with Crippen LogP contribution in [0.25, 0.3) is 0 Å². The third-order valence-corrected chi connectivity index (χ3v) is 2.46.